The zero-order valence-electron chi connectivity index (χ0n) is 11.8. The summed E-state index contributed by atoms with van der Waals surface area (Å²) in [6.45, 7) is 0. The minimum Gasteiger partial charge on any atom is -0.333 e. The minimum absolute atomic E-state index is 0.165. The molecule has 1 aliphatic heterocycles. The number of pyridine rings is 1. The van der Waals surface area contributed by atoms with Crippen molar-refractivity contribution in [1.82, 2.24) is 4.98 Å². The molecule has 2 heterocycles. The van der Waals surface area contributed by atoms with Gasteiger partial charge in [-0.25, -0.2) is 0 Å². The Labute approximate surface area is 144 Å². The van der Waals surface area contributed by atoms with Crippen LogP contribution in [0, 0.1) is 0 Å². The number of anilines is 1. The van der Waals surface area contributed by atoms with Crippen LogP contribution < -0.4 is 5.32 Å². The van der Waals surface area contributed by atoms with Crippen molar-refractivity contribution < 1.29 is 18.0 Å². The van der Waals surface area contributed by atoms with E-state index in [0.29, 0.717) is 22.5 Å². The molecule has 0 bridgehead atoms. The van der Waals surface area contributed by atoms with Gasteiger partial charge in [-0.15, -0.1) is 0 Å². The number of benzene rings is 1. The first-order chi connectivity index (χ1) is 11.3. The number of halogens is 4. The van der Waals surface area contributed by atoms with E-state index in [-0.39, 0.29) is 10.7 Å². The highest BCUT2D eigenvalue weighted by Gasteiger charge is 2.65. The van der Waals surface area contributed by atoms with Crippen LogP contribution in [-0.2, 0) is 9.54 Å². The normalized spacial score (nSPS) is 20.8. The Morgan fingerprint density at radius 1 is 1.12 bits per heavy atom. The molecule has 0 fully saturated rings. The molecule has 0 saturated carbocycles. The second-order valence-electron chi connectivity index (χ2n) is 4.84. The lowest BCUT2D eigenvalue weighted by atomic mass is 9.98. The molecule has 24 heavy (non-hydrogen) atoms. The Hall–Kier alpha value is -2.06. The van der Waals surface area contributed by atoms with E-state index in [1.54, 1.807) is 24.3 Å². The van der Waals surface area contributed by atoms with Gasteiger partial charge in [0, 0.05) is 12.4 Å². The molecule has 2 aromatic rings. The van der Waals surface area contributed by atoms with E-state index in [9.17, 15) is 18.0 Å². The summed E-state index contributed by atoms with van der Waals surface area (Å²) in [5, 5.41) is 2.82. The molecule has 0 radical (unpaired) electrons. The van der Waals surface area contributed by atoms with E-state index in [1.807, 2.05) is 0 Å². The zero-order valence-corrected chi connectivity index (χ0v) is 13.4. The van der Waals surface area contributed by atoms with Crippen molar-refractivity contribution in [2.24, 2.45) is 4.99 Å². The first-order valence-electron chi connectivity index (χ1n) is 6.65. The molecule has 1 aromatic heterocycles. The third-order valence-electron chi connectivity index (χ3n) is 3.36. The SMILES string of the molecule is O=C1N=C(Nc2ccccc2Cl)SC1(c1ccncc1)C(F)(F)F. The molecule has 1 amide bonds. The van der Waals surface area contributed by atoms with Crippen LogP contribution in [-0.4, -0.2) is 22.2 Å². The molecule has 0 spiro atoms. The average molecular weight is 372 g/mol. The molecular formula is C15H9ClF3N3OS. The van der Waals surface area contributed by atoms with Crippen LogP contribution in [0.15, 0.2) is 53.8 Å². The lowest BCUT2D eigenvalue weighted by Gasteiger charge is -2.28. The van der Waals surface area contributed by atoms with Gasteiger partial charge in [-0.05, 0) is 29.8 Å². The van der Waals surface area contributed by atoms with Gasteiger partial charge in [-0.1, -0.05) is 35.5 Å². The number of hydrogen-bond acceptors (Lipinski definition) is 4. The molecule has 1 unspecified atom stereocenters. The molecule has 0 aliphatic carbocycles. The van der Waals surface area contributed by atoms with Crippen LogP contribution in [0.4, 0.5) is 18.9 Å². The highest BCUT2D eigenvalue weighted by atomic mass is 35.5. The first kappa shape index (κ1) is 16.8. The van der Waals surface area contributed by atoms with Crippen molar-refractivity contribution in [2.75, 3.05) is 5.32 Å². The second-order valence-corrected chi connectivity index (χ2v) is 6.45. The Bertz CT molecular complexity index is 813. The summed E-state index contributed by atoms with van der Waals surface area (Å²) in [6, 6.07) is 8.82. The van der Waals surface area contributed by atoms with Crippen LogP contribution in [0.2, 0.25) is 5.02 Å². The third-order valence-corrected chi connectivity index (χ3v) is 5.02. The topological polar surface area (TPSA) is 54.4 Å². The maximum atomic E-state index is 13.8. The number of amidine groups is 1. The number of nitrogens with zero attached hydrogens (tertiary/aromatic N) is 2. The van der Waals surface area contributed by atoms with E-state index >= 15 is 0 Å². The van der Waals surface area contributed by atoms with E-state index in [2.05, 4.69) is 15.3 Å². The monoisotopic (exact) mass is 371 g/mol. The molecule has 9 heteroatoms. The predicted molar refractivity (Wildman–Crippen MR) is 87.1 cm³/mol. The predicted octanol–water partition coefficient (Wildman–Crippen LogP) is 4.23. The van der Waals surface area contributed by atoms with Gasteiger partial charge < -0.3 is 5.32 Å². The molecule has 1 aromatic carbocycles. The number of rotatable bonds is 2. The fourth-order valence-corrected chi connectivity index (χ4v) is 3.49. The fourth-order valence-electron chi connectivity index (χ4n) is 2.23. The van der Waals surface area contributed by atoms with E-state index in [4.69, 9.17) is 11.6 Å². The number of aromatic nitrogens is 1. The number of thioether (sulfide) groups is 1. The molecule has 124 valence electrons. The Balaban J connectivity index is 1.98. The van der Waals surface area contributed by atoms with Crippen LogP contribution in [0.3, 0.4) is 0 Å². The van der Waals surface area contributed by atoms with E-state index in [1.165, 1.54) is 12.4 Å². The molecule has 4 nitrogen and oxygen atoms in total. The summed E-state index contributed by atoms with van der Waals surface area (Å²) < 4.78 is 38.5. The van der Waals surface area contributed by atoms with Gasteiger partial charge in [-0.2, -0.15) is 18.2 Å². The van der Waals surface area contributed by atoms with Crippen molar-refractivity contribution >= 4 is 40.1 Å². The molecule has 1 aliphatic rings. The standard InChI is InChI=1S/C15H9ClF3N3OS/c16-10-3-1-2-4-11(10)21-13-22-12(23)14(24-13,15(17,18)19)9-5-7-20-8-6-9/h1-8H,(H,21,22,23). The van der Waals surface area contributed by atoms with Crippen LogP contribution >= 0.6 is 23.4 Å². The zero-order chi connectivity index (χ0) is 17.4. The summed E-state index contributed by atoms with van der Waals surface area (Å²) in [5.41, 5.74) is 0.144. The third kappa shape index (κ3) is 2.76. The van der Waals surface area contributed by atoms with Crippen molar-refractivity contribution in [1.29, 1.82) is 0 Å². The van der Waals surface area contributed by atoms with Gasteiger partial charge in [0.2, 0.25) is 4.75 Å². The minimum atomic E-state index is -4.83. The van der Waals surface area contributed by atoms with E-state index in [0.717, 1.165) is 12.1 Å². The van der Waals surface area contributed by atoms with Crippen LogP contribution in [0.5, 0.6) is 0 Å². The van der Waals surface area contributed by atoms with Gasteiger partial charge in [0.1, 0.15) is 0 Å². The summed E-state index contributed by atoms with van der Waals surface area (Å²) in [6.07, 6.45) is -2.42. The van der Waals surface area contributed by atoms with Crippen molar-refractivity contribution in [2.45, 2.75) is 10.9 Å². The Morgan fingerprint density at radius 3 is 2.42 bits per heavy atom. The second kappa shape index (κ2) is 6.10. The molecule has 3 rings (SSSR count). The van der Waals surface area contributed by atoms with Gasteiger partial charge >= 0.3 is 6.18 Å². The summed E-state index contributed by atoms with van der Waals surface area (Å²) >= 11 is 6.28. The highest BCUT2D eigenvalue weighted by Crippen LogP contribution is 2.53. The molecule has 1 N–H and O–H groups in total. The largest absolute Gasteiger partial charge is 0.416 e. The van der Waals surface area contributed by atoms with Crippen LogP contribution in [0.25, 0.3) is 0 Å². The number of hydrogen-bond donors (Lipinski definition) is 1. The Morgan fingerprint density at radius 2 is 1.79 bits per heavy atom. The lowest BCUT2D eigenvalue weighted by Crippen LogP contribution is -2.44. The average Bonchev–Trinajstić information content (AvgIpc) is 2.88. The maximum absolute atomic E-state index is 13.8. The summed E-state index contributed by atoms with van der Waals surface area (Å²) in [7, 11) is 0. The fraction of sp³-hybridized carbons (Fsp3) is 0.133. The molecule has 1 atom stereocenters. The molecular weight excluding hydrogens is 363 g/mol. The molecule has 0 saturated heterocycles. The maximum Gasteiger partial charge on any atom is 0.416 e. The first-order valence-corrected chi connectivity index (χ1v) is 7.85. The van der Waals surface area contributed by atoms with Gasteiger partial charge in [-0.3, -0.25) is 9.78 Å². The lowest BCUT2D eigenvalue weighted by molar-refractivity contribution is -0.170. The smallest absolute Gasteiger partial charge is 0.333 e. The Kier molecular flexibility index (Phi) is 4.27. The van der Waals surface area contributed by atoms with Crippen LogP contribution in [0.1, 0.15) is 5.56 Å². The number of nitrogens with one attached hydrogen (secondary N) is 1. The summed E-state index contributed by atoms with van der Waals surface area (Å²) in [5.74, 6) is -1.29. The highest BCUT2D eigenvalue weighted by molar-refractivity contribution is 8.16. The number of aliphatic imine (C=N–C) groups is 1. The number of carbonyl (C=O) groups excluding carboxylic acids is 1. The van der Waals surface area contributed by atoms with Gasteiger partial charge in [0.15, 0.2) is 5.17 Å². The van der Waals surface area contributed by atoms with Gasteiger partial charge in [0.05, 0.1) is 10.7 Å². The number of alkyl halides is 3. The quantitative estimate of drug-likeness (QED) is 0.858. The van der Waals surface area contributed by atoms with Crippen molar-refractivity contribution in [3.05, 3.63) is 59.4 Å². The number of carbonyl (C=O) groups is 1. The van der Waals surface area contributed by atoms with E-state index < -0.39 is 16.8 Å². The van der Waals surface area contributed by atoms with Crippen molar-refractivity contribution in [3.63, 3.8) is 0 Å². The summed E-state index contributed by atoms with van der Waals surface area (Å²) in [4.78, 5) is 19.5. The number of para-hydroxylation sites is 1. The van der Waals surface area contributed by atoms with Gasteiger partial charge in [0.25, 0.3) is 5.91 Å². The van der Waals surface area contributed by atoms with Crippen molar-refractivity contribution in [3.8, 4) is 0 Å². The number of amides is 1.